The van der Waals surface area contributed by atoms with Gasteiger partial charge in [-0.05, 0) is 38.0 Å². The summed E-state index contributed by atoms with van der Waals surface area (Å²) in [7, 11) is 0. The Hall–Kier alpha value is 1.78. The molecule has 2 saturated carbocycles. The summed E-state index contributed by atoms with van der Waals surface area (Å²) in [5.74, 6) is -0.0808. The molecule has 5 atom stereocenters. The van der Waals surface area contributed by atoms with Crippen molar-refractivity contribution in [2.24, 2.45) is 5.92 Å². The van der Waals surface area contributed by atoms with E-state index in [0.29, 0.717) is 20.2 Å². The van der Waals surface area contributed by atoms with Crippen molar-refractivity contribution in [2.45, 2.75) is 72.2 Å². The molecule has 0 bridgehead atoms. The minimum atomic E-state index is -0.629. The van der Waals surface area contributed by atoms with Crippen LogP contribution in [-0.4, -0.2) is 57.2 Å². The minimum absolute atomic E-state index is 0.185. The SMILES string of the molecule is O=C1N[C@@H](CC2CC(I)C(OC3CC(I)C(O)C(I)C3)C(I)C2)C(=O)O1. The highest BCUT2D eigenvalue weighted by Gasteiger charge is 2.43. The van der Waals surface area contributed by atoms with E-state index in [1.807, 2.05) is 0 Å². The third-order valence-electron chi connectivity index (χ3n) is 5.24. The van der Waals surface area contributed by atoms with Gasteiger partial charge in [0.15, 0.2) is 0 Å². The molecule has 0 spiro atoms. The van der Waals surface area contributed by atoms with Gasteiger partial charge in [-0.15, -0.1) is 0 Å². The first-order valence-electron chi connectivity index (χ1n) is 8.66. The molecule has 10 heteroatoms. The number of nitrogens with one attached hydrogen (secondary N) is 1. The van der Waals surface area contributed by atoms with E-state index in [2.05, 4.69) is 100 Å². The summed E-state index contributed by atoms with van der Waals surface area (Å²) < 4.78 is 12.3. The van der Waals surface area contributed by atoms with E-state index < -0.39 is 18.1 Å². The molecular formula is C16H21I4NO5. The molecular weight excluding hydrogens is 794 g/mol. The van der Waals surface area contributed by atoms with Crippen LogP contribution in [0, 0.1) is 5.92 Å². The second kappa shape index (κ2) is 9.73. The second-order valence-electron chi connectivity index (χ2n) is 7.23. The highest BCUT2D eigenvalue weighted by Crippen LogP contribution is 2.41. The monoisotopic (exact) mass is 815 g/mol. The van der Waals surface area contributed by atoms with Crippen molar-refractivity contribution in [1.29, 1.82) is 0 Å². The Morgan fingerprint density at radius 3 is 2.08 bits per heavy atom. The van der Waals surface area contributed by atoms with E-state index in [-0.39, 0.29) is 26.2 Å². The summed E-state index contributed by atoms with van der Waals surface area (Å²) in [6, 6.07) is -0.503. The lowest BCUT2D eigenvalue weighted by Crippen LogP contribution is -2.48. The number of alkyl carbamates (subject to hydrolysis) is 1. The van der Waals surface area contributed by atoms with Gasteiger partial charge >= 0.3 is 12.1 Å². The number of aliphatic hydroxyl groups is 1. The number of ether oxygens (including phenoxy) is 2. The van der Waals surface area contributed by atoms with E-state index in [1.54, 1.807) is 0 Å². The first-order valence-corrected chi connectivity index (χ1v) is 13.6. The molecule has 0 aromatic heterocycles. The van der Waals surface area contributed by atoms with Crippen LogP contribution in [-0.2, 0) is 14.3 Å². The number of alkyl halides is 4. The van der Waals surface area contributed by atoms with Crippen LogP contribution in [0.25, 0.3) is 0 Å². The standard InChI is InChI=1S/C16H21I4NO5/c17-8-4-7(5-9(18)13(8)22)25-14-10(19)1-6(2-11(14)20)3-12-15(23)26-16(24)21-12/h6-14,22H,1-5H2,(H,21,24)/t6?,7?,8?,9?,10?,11?,12-,13?,14?/m0/s1. The van der Waals surface area contributed by atoms with Crippen molar-refractivity contribution in [1.82, 2.24) is 5.32 Å². The average Bonchev–Trinajstić information content (AvgIpc) is 2.86. The van der Waals surface area contributed by atoms with Crippen molar-refractivity contribution in [3.05, 3.63) is 0 Å². The molecule has 3 fully saturated rings. The molecule has 6 nitrogen and oxygen atoms in total. The topological polar surface area (TPSA) is 84.9 Å². The largest absolute Gasteiger partial charge is 0.415 e. The highest BCUT2D eigenvalue weighted by atomic mass is 127. The van der Waals surface area contributed by atoms with E-state index in [4.69, 9.17) is 4.74 Å². The molecule has 1 heterocycles. The minimum Gasteiger partial charge on any atom is -0.391 e. The molecule has 2 aliphatic carbocycles. The highest BCUT2D eigenvalue weighted by molar-refractivity contribution is 14.1. The number of carbonyl (C=O) groups excluding carboxylic acids is 2. The van der Waals surface area contributed by atoms with Gasteiger partial charge in [-0.2, -0.15) is 0 Å². The van der Waals surface area contributed by atoms with Crippen LogP contribution in [0.2, 0.25) is 0 Å². The molecule has 26 heavy (non-hydrogen) atoms. The molecule has 1 amide bonds. The maximum atomic E-state index is 11.7. The molecule has 1 aliphatic heterocycles. The Morgan fingerprint density at radius 1 is 1.00 bits per heavy atom. The van der Waals surface area contributed by atoms with E-state index in [0.717, 1.165) is 25.7 Å². The quantitative estimate of drug-likeness (QED) is 0.197. The van der Waals surface area contributed by atoms with Crippen LogP contribution < -0.4 is 5.32 Å². The Balaban J connectivity index is 1.54. The lowest BCUT2D eigenvalue weighted by Gasteiger charge is -2.42. The predicted octanol–water partition coefficient (Wildman–Crippen LogP) is 3.54. The third-order valence-corrected chi connectivity index (χ3v) is 10.2. The maximum absolute atomic E-state index is 11.7. The fraction of sp³-hybridized carbons (Fsp3) is 0.875. The number of cyclic esters (lactones) is 2. The lowest BCUT2D eigenvalue weighted by molar-refractivity contribution is -0.135. The predicted molar refractivity (Wildman–Crippen MR) is 131 cm³/mol. The number of halogens is 4. The van der Waals surface area contributed by atoms with Gasteiger partial charge < -0.3 is 19.9 Å². The van der Waals surface area contributed by atoms with Crippen LogP contribution in [0.1, 0.15) is 32.1 Å². The summed E-state index contributed by atoms with van der Waals surface area (Å²) in [4.78, 5) is 22.9. The van der Waals surface area contributed by atoms with Crippen molar-refractivity contribution in [3.8, 4) is 0 Å². The van der Waals surface area contributed by atoms with Gasteiger partial charge in [-0.25, -0.2) is 9.59 Å². The van der Waals surface area contributed by atoms with Crippen molar-refractivity contribution >= 4 is 102 Å². The average molecular weight is 815 g/mol. The first kappa shape index (κ1) is 22.5. The molecule has 148 valence electrons. The molecule has 3 rings (SSSR count). The number of aliphatic hydroxyl groups excluding tert-OH is 1. The number of hydrogen-bond donors (Lipinski definition) is 2. The molecule has 0 radical (unpaired) electrons. The summed E-state index contributed by atoms with van der Waals surface area (Å²) in [5.41, 5.74) is 0. The van der Waals surface area contributed by atoms with Crippen LogP contribution in [0.3, 0.4) is 0 Å². The van der Waals surface area contributed by atoms with Gasteiger partial charge in [0.25, 0.3) is 0 Å². The second-order valence-corrected chi connectivity index (χ2v) is 13.6. The molecule has 0 aromatic rings. The van der Waals surface area contributed by atoms with Crippen LogP contribution in [0.15, 0.2) is 0 Å². The van der Waals surface area contributed by atoms with Gasteiger partial charge in [0, 0.05) is 15.7 Å². The smallest absolute Gasteiger partial charge is 0.391 e. The Morgan fingerprint density at radius 2 is 1.58 bits per heavy atom. The molecule has 3 aliphatic rings. The Labute approximate surface area is 207 Å². The Kier molecular flexibility index (Phi) is 8.40. The van der Waals surface area contributed by atoms with Gasteiger partial charge in [0.05, 0.1) is 18.3 Å². The van der Waals surface area contributed by atoms with Gasteiger partial charge in [0.1, 0.15) is 6.04 Å². The normalized spacial score (nSPS) is 46.7. The third kappa shape index (κ3) is 5.47. The summed E-state index contributed by atoms with van der Waals surface area (Å²) in [6.07, 6.45) is 3.88. The molecule has 2 N–H and O–H groups in total. The zero-order valence-corrected chi connectivity index (χ0v) is 22.5. The maximum Gasteiger partial charge on any atom is 0.415 e. The zero-order valence-electron chi connectivity index (χ0n) is 13.8. The summed E-state index contributed by atoms with van der Waals surface area (Å²) in [6.45, 7) is 0. The fourth-order valence-electron chi connectivity index (χ4n) is 3.91. The van der Waals surface area contributed by atoms with E-state index in [1.165, 1.54) is 0 Å². The van der Waals surface area contributed by atoms with Crippen molar-refractivity contribution < 1.29 is 24.2 Å². The van der Waals surface area contributed by atoms with Gasteiger partial charge in [-0.3, -0.25) is 0 Å². The van der Waals surface area contributed by atoms with Crippen LogP contribution in [0.4, 0.5) is 4.79 Å². The van der Waals surface area contributed by atoms with Crippen molar-refractivity contribution in [3.63, 3.8) is 0 Å². The zero-order chi connectivity index (χ0) is 19.0. The Bertz CT molecular complexity index is 529. The van der Waals surface area contributed by atoms with E-state index in [9.17, 15) is 14.7 Å². The first-order chi connectivity index (χ1) is 12.2. The van der Waals surface area contributed by atoms with Crippen molar-refractivity contribution in [2.75, 3.05) is 0 Å². The van der Waals surface area contributed by atoms with E-state index >= 15 is 0 Å². The van der Waals surface area contributed by atoms with Gasteiger partial charge in [-0.1, -0.05) is 90.4 Å². The molecule has 1 saturated heterocycles. The number of esters is 1. The van der Waals surface area contributed by atoms with Gasteiger partial charge in [0.2, 0.25) is 0 Å². The van der Waals surface area contributed by atoms with Crippen LogP contribution in [0.5, 0.6) is 0 Å². The number of rotatable bonds is 4. The number of carbonyl (C=O) groups is 2. The number of amides is 1. The molecule has 0 aromatic carbocycles. The fourth-order valence-corrected chi connectivity index (χ4v) is 10.4. The number of hydrogen-bond acceptors (Lipinski definition) is 5. The molecule has 4 unspecified atom stereocenters. The van der Waals surface area contributed by atoms with Crippen LogP contribution >= 0.6 is 90.4 Å². The summed E-state index contributed by atoms with van der Waals surface area (Å²) in [5, 5.41) is 12.7. The summed E-state index contributed by atoms with van der Waals surface area (Å²) >= 11 is 9.61. The lowest BCUT2D eigenvalue weighted by atomic mass is 9.83.